The second-order valence-electron chi connectivity index (χ2n) is 6.12. The standard InChI is InChI=1S/C17H20Cl2N2O3/c1-17(2)12(8-14(18)19)15(17)16(22)21-20-9-10-5-6-11(23-3)7-13(10)24-4/h5-9,12,15H,1-4H3,(H,21,22)/b20-9-/t12-,15-/m1/s1. The van der Waals surface area contributed by atoms with Crippen LogP contribution < -0.4 is 14.9 Å². The van der Waals surface area contributed by atoms with Gasteiger partial charge < -0.3 is 9.47 Å². The molecule has 1 aliphatic rings. The summed E-state index contributed by atoms with van der Waals surface area (Å²) in [6.45, 7) is 3.98. The van der Waals surface area contributed by atoms with Gasteiger partial charge >= 0.3 is 0 Å². The van der Waals surface area contributed by atoms with E-state index < -0.39 is 0 Å². The number of allylic oxidation sites excluding steroid dienone is 1. The largest absolute Gasteiger partial charge is 0.497 e. The Balaban J connectivity index is 2.02. The van der Waals surface area contributed by atoms with Gasteiger partial charge in [-0.05, 0) is 29.5 Å². The van der Waals surface area contributed by atoms with Crippen molar-refractivity contribution in [2.45, 2.75) is 13.8 Å². The molecule has 0 radical (unpaired) electrons. The SMILES string of the molecule is COc1ccc(/C=N\NC(=O)[C@H]2[C@@H](C=C(Cl)Cl)C2(C)C)c(OC)c1. The van der Waals surface area contributed by atoms with Gasteiger partial charge in [-0.1, -0.05) is 37.0 Å². The normalized spacial score (nSPS) is 21.2. The van der Waals surface area contributed by atoms with E-state index in [0.29, 0.717) is 11.5 Å². The molecule has 1 saturated carbocycles. The first-order valence-electron chi connectivity index (χ1n) is 7.39. The van der Waals surface area contributed by atoms with Gasteiger partial charge in [-0.15, -0.1) is 0 Å². The minimum atomic E-state index is -0.208. The lowest BCUT2D eigenvalue weighted by Crippen LogP contribution is -2.22. The molecule has 0 spiro atoms. The number of hydrazone groups is 1. The molecule has 130 valence electrons. The summed E-state index contributed by atoms with van der Waals surface area (Å²) >= 11 is 11.4. The Morgan fingerprint density at radius 1 is 1.29 bits per heavy atom. The second kappa shape index (κ2) is 7.45. The Hall–Kier alpha value is -1.72. The third kappa shape index (κ3) is 4.02. The highest BCUT2D eigenvalue weighted by Crippen LogP contribution is 2.59. The minimum absolute atomic E-state index is 0.00761. The minimum Gasteiger partial charge on any atom is -0.497 e. The number of ether oxygens (including phenoxy) is 2. The van der Waals surface area contributed by atoms with Crippen LogP contribution in [0.2, 0.25) is 0 Å². The Morgan fingerprint density at radius 2 is 2.00 bits per heavy atom. The third-order valence-corrected chi connectivity index (χ3v) is 4.57. The monoisotopic (exact) mass is 370 g/mol. The van der Waals surface area contributed by atoms with Crippen LogP contribution in [-0.2, 0) is 4.79 Å². The van der Waals surface area contributed by atoms with Crippen molar-refractivity contribution in [3.05, 3.63) is 34.3 Å². The maximum absolute atomic E-state index is 12.3. The lowest BCUT2D eigenvalue weighted by molar-refractivity contribution is -0.123. The first kappa shape index (κ1) is 18.6. The highest BCUT2D eigenvalue weighted by molar-refractivity contribution is 6.55. The highest BCUT2D eigenvalue weighted by atomic mass is 35.5. The van der Waals surface area contributed by atoms with Crippen molar-refractivity contribution in [2.24, 2.45) is 22.4 Å². The first-order chi connectivity index (χ1) is 11.3. The highest BCUT2D eigenvalue weighted by Gasteiger charge is 2.60. The second-order valence-corrected chi connectivity index (χ2v) is 7.13. The van der Waals surface area contributed by atoms with Crippen molar-refractivity contribution in [3.8, 4) is 11.5 Å². The Morgan fingerprint density at radius 3 is 2.58 bits per heavy atom. The number of halogens is 2. The summed E-state index contributed by atoms with van der Waals surface area (Å²) in [6.07, 6.45) is 3.23. The summed E-state index contributed by atoms with van der Waals surface area (Å²) in [5, 5.41) is 4.01. The molecular weight excluding hydrogens is 351 g/mol. The molecule has 1 N–H and O–H groups in total. The zero-order valence-corrected chi connectivity index (χ0v) is 15.5. The lowest BCUT2D eigenvalue weighted by atomic mass is 10.1. The van der Waals surface area contributed by atoms with Crippen molar-refractivity contribution in [1.29, 1.82) is 0 Å². The molecule has 1 aromatic rings. The average molecular weight is 371 g/mol. The van der Waals surface area contributed by atoms with Gasteiger partial charge in [0.1, 0.15) is 16.0 Å². The molecule has 0 bridgehead atoms. The summed E-state index contributed by atoms with van der Waals surface area (Å²) < 4.78 is 10.6. The molecule has 7 heteroatoms. The van der Waals surface area contributed by atoms with Crippen LogP contribution in [0.4, 0.5) is 0 Å². The maximum Gasteiger partial charge on any atom is 0.244 e. The van der Waals surface area contributed by atoms with E-state index in [1.54, 1.807) is 38.5 Å². The fourth-order valence-corrected chi connectivity index (χ4v) is 3.06. The number of carbonyl (C=O) groups excluding carboxylic acids is 1. The van der Waals surface area contributed by atoms with Crippen LogP contribution in [0.5, 0.6) is 11.5 Å². The molecule has 0 saturated heterocycles. The molecule has 0 heterocycles. The molecule has 1 aromatic carbocycles. The topological polar surface area (TPSA) is 59.9 Å². The van der Waals surface area contributed by atoms with Gasteiger partial charge in [0.15, 0.2) is 0 Å². The van der Waals surface area contributed by atoms with E-state index in [1.807, 2.05) is 13.8 Å². The van der Waals surface area contributed by atoms with E-state index in [9.17, 15) is 4.79 Å². The Bertz CT molecular complexity index is 682. The number of nitrogens with zero attached hydrogens (tertiary/aromatic N) is 1. The van der Waals surface area contributed by atoms with Gasteiger partial charge in [0.05, 0.1) is 26.4 Å². The van der Waals surface area contributed by atoms with Crippen LogP contribution in [-0.4, -0.2) is 26.3 Å². The fourth-order valence-electron chi connectivity index (χ4n) is 2.79. The molecule has 2 rings (SSSR count). The summed E-state index contributed by atoms with van der Waals surface area (Å²) in [5.74, 6) is 0.918. The van der Waals surface area contributed by atoms with Gasteiger partial charge in [-0.25, -0.2) is 5.43 Å². The predicted octanol–water partition coefficient (Wildman–Crippen LogP) is 3.75. The van der Waals surface area contributed by atoms with Gasteiger partial charge in [0.25, 0.3) is 0 Å². The molecule has 0 aliphatic heterocycles. The van der Waals surface area contributed by atoms with Gasteiger partial charge in [0, 0.05) is 11.6 Å². The molecular formula is C17H20Cl2N2O3. The lowest BCUT2D eigenvalue weighted by Gasteiger charge is -2.07. The molecule has 24 heavy (non-hydrogen) atoms. The maximum atomic E-state index is 12.3. The number of carbonyl (C=O) groups is 1. The fraction of sp³-hybridized carbons (Fsp3) is 0.412. The number of methoxy groups -OCH3 is 2. The van der Waals surface area contributed by atoms with Crippen LogP contribution in [0.3, 0.4) is 0 Å². The summed E-state index contributed by atoms with van der Waals surface area (Å²) in [5.41, 5.74) is 3.10. The average Bonchev–Trinajstić information content (AvgIpc) is 3.07. The van der Waals surface area contributed by atoms with E-state index >= 15 is 0 Å². The van der Waals surface area contributed by atoms with Crippen molar-refractivity contribution in [1.82, 2.24) is 5.43 Å². The number of benzene rings is 1. The number of nitrogens with one attached hydrogen (secondary N) is 1. The van der Waals surface area contributed by atoms with Crippen LogP contribution in [0.1, 0.15) is 19.4 Å². The molecule has 0 unspecified atom stereocenters. The van der Waals surface area contributed by atoms with E-state index in [0.717, 1.165) is 5.56 Å². The molecule has 1 aliphatic carbocycles. The summed E-state index contributed by atoms with van der Waals surface area (Å²) in [7, 11) is 3.14. The van der Waals surface area contributed by atoms with Gasteiger partial charge in [-0.3, -0.25) is 4.79 Å². The van der Waals surface area contributed by atoms with Crippen molar-refractivity contribution in [3.63, 3.8) is 0 Å². The molecule has 1 amide bonds. The number of amides is 1. The van der Waals surface area contributed by atoms with Crippen molar-refractivity contribution in [2.75, 3.05) is 14.2 Å². The van der Waals surface area contributed by atoms with Crippen LogP contribution >= 0.6 is 23.2 Å². The molecule has 1 fully saturated rings. The van der Waals surface area contributed by atoms with E-state index in [4.69, 9.17) is 32.7 Å². The summed E-state index contributed by atoms with van der Waals surface area (Å²) in [6, 6.07) is 5.34. The number of hydrogen-bond donors (Lipinski definition) is 1. The zero-order valence-electron chi connectivity index (χ0n) is 14.0. The Labute approximate surface area is 151 Å². The van der Waals surface area contributed by atoms with Crippen molar-refractivity contribution < 1.29 is 14.3 Å². The van der Waals surface area contributed by atoms with Crippen LogP contribution in [0, 0.1) is 17.3 Å². The molecule has 2 atom stereocenters. The Kier molecular flexibility index (Phi) is 5.78. The first-order valence-corrected chi connectivity index (χ1v) is 8.14. The van der Waals surface area contributed by atoms with E-state index in [-0.39, 0.29) is 27.6 Å². The zero-order chi connectivity index (χ0) is 17.9. The molecule has 5 nitrogen and oxygen atoms in total. The number of hydrogen-bond acceptors (Lipinski definition) is 4. The van der Waals surface area contributed by atoms with Crippen LogP contribution in [0.15, 0.2) is 33.9 Å². The van der Waals surface area contributed by atoms with E-state index in [2.05, 4.69) is 10.5 Å². The predicted molar refractivity (Wildman–Crippen MR) is 95.8 cm³/mol. The van der Waals surface area contributed by atoms with Gasteiger partial charge in [-0.2, -0.15) is 5.10 Å². The smallest absolute Gasteiger partial charge is 0.244 e. The quantitative estimate of drug-likeness (QED) is 0.612. The summed E-state index contributed by atoms with van der Waals surface area (Å²) in [4.78, 5) is 12.3. The third-order valence-electron chi connectivity index (χ3n) is 4.32. The van der Waals surface area contributed by atoms with Crippen molar-refractivity contribution >= 4 is 35.3 Å². The van der Waals surface area contributed by atoms with Gasteiger partial charge in [0.2, 0.25) is 5.91 Å². The number of rotatable bonds is 6. The van der Waals surface area contributed by atoms with Crippen LogP contribution in [0.25, 0.3) is 0 Å². The van der Waals surface area contributed by atoms with E-state index in [1.165, 1.54) is 6.21 Å². The molecule has 0 aromatic heterocycles.